The first-order valence-electron chi connectivity index (χ1n) is 6.83. The van der Waals surface area contributed by atoms with Gasteiger partial charge in [0.25, 0.3) is 0 Å². The monoisotopic (exact) mass is 265 g/mol. The van der Waals surface area contributed by atoms with Crippen molar-refractivity contribution in [1.82, 2.24) is 0 Å². The zero-order chi connectivity index (χ0) is 14.6. The van der Waals surface area contributed by atoms with Crippen LogP contribution in [0.15, 0.2) is 60.7 Å². The number of hydrogen-bond acceptors (Lipinski definition) is 2. The second kappa shape index (κ2) is 5.90. The minimum absolute atomic E-state index is 0.211. The fourth-order valence-corrected chi connectivity index (χ4v) is 2.69. The van der Waals surface area contributed by atoms with E-state index < -0.39 is 11.5 Å². The van der Waals surface area contributed by atoms with Gasteiger partial charge in [-0.25, -0.2) is 0 Å². The summed E-state index contributed by atoms with van der Waals surface area (Å²) in [4.78, 5) is 0. The molecule has 2 aromatic rings. The molecule has 20 heavy (non-hydrogen) atoms. The highest BCUT2D eigenvalue weighted by Crippen LogP contribution is 2.40. The minimum atomic E-state index is -0.837. The number of hydrogen-bond donors (Lipinski definition) is 1. The first-order valence-corrected chi connectivity index (χ1v) is 6.83. The molecule has 0 radical (unpaired) electrons. The van der Waals surface area contributed by atoms with Crippen molar-refractivity contribution < 1.29 is 5.11 Å². The topological polar surface area (TPSA) is 44.0 Å². The lowest BCUT2D eigenvalue weighted by Gasteiger charge is -2.35. The fourth-order valence-electron chi connectivity index (χ4n) is 2.69. The molecule has 0 saturated heterocycles. The lowest BCUT2D eigenvalue weighted by molar-refractivity contribution is 0.110. The third-order valence-corrected chi connectivity index (χ3v) is 4.04. The Morgan fingerprint density at radius 3 is 1.60 bits per heavy atom. The molecule has 0 spiro atoms. The van der Waals surface area contributed by atoms with E-state index in [1.54, 1.807) is 6.92 Å². The van der Waals surface area contributed by atoms with Crippen LogP contribution in [0.5, 0.6) is 0 Å². The zero-order valence-electron chi connectivity index (χ0n) is 11.8. The predicted octanol–water partition coefficient (Wildman–Crippen LogP) is 3.51. The summed E-state index contributed by atoms with van der Waals surface area (Å²) < 4.78 is 0. The van der Waals surface area contributed by atoms with E-state index >= 15 is 0 Å². The maximum atomic E-state index is 10.1. The van der Waals surface area contributed by atoms with Crippen molar-refractivity contribution in [3.8, 4) is 6.07 Å². The summed E-state index contributed by atoms with van der Waals surface area (Å²) in [5, 5.41) is 20.0. The van der Waals surface area contributed by atoms with Crippen LogP contribution in [0.2, 0.25) is 0 Å². The van der Waals surface area contributed by atoms with Gasteiger partial charge in [-0.2, -0.15) is 5.26 Å². The van der Waals surface area contributed by atoms with E-state index in [0.29, 0.717) is 0 Å². The molecule has 102 valence electrons. The van der Waals surface area contributed by atoms with Crippen LogP contribution < -0.4 is 0 Å². The first kappa shape index (κ1) is 14.3. The molecule has 0 aromatic heterocycles. The van der Waals surface area contributed by atoms with Crippen LogP contribution in [0.1, 0.15) is 25.0 Å². The van der Waals surface area contributed by atoms with E-state index in [9.17, 15) is 10.4 Å². The van der Waals surface area contributed by atoms with Crippen LogP contribution in [-0.2, 0) is 5.41 Å². The summed E-state index contributed by atoms with van der Waals surface area (Å²) >= 11 is 0. The van der Waals surface area contributed by atoms with Gasteiger partial charge in [-0.15, -0.1) is 0 Å². The van der Waals surface area contributed by atoms with E-state index in [1.807, 2.05) is 67.6 Å². The quantitative estimate of drug-likeness (QED) is 0.919. The van der Waals surface area contributed by atoms with Crippen LogP contribution in [0, 0.1) is 17.2 Å². The van der Waals surface area contributed by atoms with Gasteiger partial charge in [0.1, 0.15) is 5.41 Å². The van der Waals surface area contributed by atoms with Gasteiger partial charge >= 0.3 is 0 Å². The van der Waals surface area contributed by atoms with Crippen LogP contribution in [0.25, 0.3) is 0 Å². The van der Waals surface area contributed by atoms with Gasteiger partial charge in [0.05, 0.1) is 12.2 Å². The molecule has 0 aliphatic carbocycles. The molecule has 0 aliphatic heterocycles. The largest absolute Gasteiger partial charge is 0.393 e. The molecule has 2 atom stereocenters. The second-order valence-corrected chi connectivity index (χ2v) is 5.18. The van der Waals surface area contributed by atoms with Gasteiger partial charge in [0.15, 0.2) is 0 Å². The Balaban J connectivity index is 2.69. The summed E-state index contributed by atoms with van der Waals surface area (Å²) in [6, 6.07) is 21.9. The third kappa shape index (κ3) is 2.33. The highest BCUT2D eigenvalue weighted by atomic mass is 16.3. The van der Waals surface area contributed by atoms with Crippen molar-refractivity contribution in [3.05, 3.63) is 71.8 Å². The van der Waals surface area contributed by atoms with Crippen LogP contribution in [0.4, 0.5) is 0 Å². The Bertz CT molecular complexity index is 544. The van der Waals surface area contributed by atoms with Crippen molar-refractivity contribution in [2.45, 2.75) is 25.4 Å². The molecule has 0 amide bonds. The normalized spacial score (nSPS) is 14.3. The van der Waals surface area contributed by atoms with E-state index in [1.165, 1.54) is 0 Å². The lowest BCUT2D eigenvalue weighted by Crippen LogP contribution is -2.39. The van der Waals surface area contributed by atoms with Crippen molar-refractivity contribution in [2.24, 2.45) is 5.92 Å². The van der Waals surface area contributed by atoms with Crippen LogP contribution in [-0.4, -0.2) is 11.2 Å². The van der Waals surface area contributed by atoms with Gasteiger partial charge in [-0.3, -0.25) is 0 Å². The molecule has 0 heterocycles. The van der Waals surface area contributed by atoms with E-state index in [4.69, 9.17) is 0 Å². The maximum absolute atomic E-state index is 10.1. The lowest BCUT2D eigenvalue weighted by atomic mass is 9.66. The molecule has 2 aromatic carbocycles. The van der Waals surface area contributed by atoms with Gasteiger partial charge < -0.3 is 5.11 Å². The molecule has 2 nitrogen and oxygen atoms in total. The van der Waals surface area contributed by atoms with E-state index in [-0.39, 0.29) is 5.92 Å². The Morgan fingerprint density at radius 1 is 0.900 bits per heavy atom. The zero-order valence-corrected chi connectivity index (χ0v) is 11.8. The number of benzene rings is 2. The van der Waals surface area contributed by atoms with E-state index in [0.717, 1.165) is 11.1 Å². The molecule has 2 heteroatoms. The summed E-state index contributed by atoms with van der Waals surface area (Å²) in [6.45, 7) is 3.66. The average Bonchev–Trinajstić information content (AvgIpc) is 2.50. The molecule has 0 bridgehead atoms. The fraction of sp³-hybridized carbons (Fsp3) is 0.278. The number of aliphatic hydroxyl groups is 1. The summed E-state index contributed by atoms with van der Waals surface area (Å²) in [5.41, 5.74) is 1.00. The van der Waals surface area contributed by atoms with Gasteiger partial charge in [0.2, 0.25) is 0 Å². The van der Waals surface area contributed by atoms with Crippen LogP contribution in [0.3, 0.4) is 0 Å². The van der Waals surface area contributed by atoms with Crippen LogP contribution >= 0.6 is 0 Å². The average molecular weight is 265 g/mol. The molecule has 1 N–H and O–H groups in total. The molecule has 0 aliphatic rings. The van der Waals surface area contributed by atoms with Gasteiger partial charge in [-0.05, 0) is 18.1 Å². The van der Waals surface area contributed by atoms with Crippen molar-refractivity contribution >= 4 is 0 Å². The molecule has 0 fully saturated rings. The minimum Gasteiger partial charge on any atom is -0.393 e. The maximum Gasteiger partial charge on any atom is 0.112 e. The molecule has 2 rings (SSSR count). The first-order chi connectivity index (χ1) is 9.63. The molecular weight excluding hydrogens is 246 g/mol. The van der Waals surface area contributed by atoms with Crippen molar-refractivity contribution in [2.75, 3.05) is 0 Å². The van der Waals surface area contributed by atoms with Gasteiger partial charge in [-0.1, -0.05) is 67.6 Å². The van der Waals surface area contributed by atoms with Crippen molar-refractivity contribution in [3.63, 3.8) is 0 Å². The highest BCUT2D eigenvalue weighted by molar-refractivity contribution is 5.47. The SMILES string of the molecule is C[C@H]([C@@H](C)O)C(C#N)(c1ccccc1)c1ccccc1. The molecule has 0 unspecified atom stereocenters. The number of nitriles is 1. The summed E-state index contributed by atoms with van der Waals surface area (Å²) in [7, 11) is 0. The summed E-state index contributed by atoms with van der Waals surface area (Å²) in [6.07, 6.45) is -0.574. The highest BCUT2D eigenvalue weighted by Gasteiger charge is 2.42. The number of aliphatic hydroxyl groups excluding tert-OH is 1. The third-order valence-electron chi connectivity index (χ3n) is 4.04. The van der Waals surface area contributed by atoms with Gasteiger partial charge in [0, 0.05) is 5.92 Å². The molecular formula is C18H19NO. The van der Waals surface area contributed by atoms with Crippen molar-refractivity contribution in [1.29, 1.82) is 5.26 Å². The number of rotatable bonds is 4. The Kier molecular flexibility index (Phi) is 4.22. The predicted molar refractivity (Wildman–Crippen MR) is 80.1 cm³/mol. The Hall–Kier alpha value is -2.11. The van der Waals surface area contributed by atoms with E-state index in [2.05, 4.69) is 6.07 Å². The smallest absolute Gasteiger partial charge is 0.112 e. The Morgan fingerprint density at radius 2 is 1.30 bits per heavy atom. The Labute approximate surface area is 120 Å². The molecule has 0 saturated carbocycles. The number of nitrogens with zero attached hydrogens (tertiary/aromatic N) is 1. The second-order valence-electron chi connectivity index (χ2n) is 5.18. The summed E-state index contributed by atoms with van der Waals surface area (Å²) in [5.74, 6) is -0.211. The standard InChI is InChI=1S/C18H19NO/c1-14(15(2)20)18(13-19,16-9-5-3-6-10-16)17-11-7-4-8-12-17/h3-12,14-15,20H,1-2H3/t14-,15-/m1/s1.